The van der Waals surface area contributed by atoms with Crippen LogP contribution in [0.2, 0.25) is 5.02 Å². The van der Waals surface area contributed by atoms with Crippen LogP contribution in [0, 0.1) is 6.92 Å². The Morgan fingerprint density at radius 2 is 1.86 bits per heavy atom. The SMILES string of the molecule is COc1ccc(CN(C)Cc2nc(-c3ccc(Cl)cc3)oc2C)c2cccnc12. The van der Waals surface area contributed by atoms with Crippen LogP contribution in [0.3, 0.4) is 0 Å². The molecule has 6 heteroatoms. The van der Waals surface area contributed by atoms with Gasteiger partial charge in [0.2, 0.25) is 5.89 Å². The number of rotatable bonds is 6. The number of halogens is 1. The van der Waals surface area contributed by atoms with Crippen molar-refractivity contribution >= 4 is 22.5 Å². The molecule has 0 amide bonds. The highest BCUT2D eigenvalue weighted by atomic mass is 35.5. The van der Waals surface area contributed by atoms with Crippen molar-refractivity contribution in [2.45, 2.75) is 20.0 Å². The van der Waals surface area contributed by atoms with Crippen molar-refractivity contribution in [1.29, 1.82) is 0 Å². The summed E-state index contributed by atoms with van der Waals surface area (Å²) in [4.78, 5) is 11.4. The fourth-order valence-electron chi connectivity index (χ4n) is 3.40. The van der Waals surface area contributed by atoms with E-state index in [9.17, 15) is 0 Å². The Morgan fingerprint density at radius 3 is 2.62 bits per heavy atom. The van der Waals surface area contributed by atoms with Crippen LogP contribution in [0.15, 0.2) is 59.1 Å². The summed E-state index contributed by atoms with van der Waals surface area (Å²) >= 11 is 5.97. The van der Waals surface area contributed by atoms with Crippen molar-refractivity contribution in [2.75, 3.05) is 14.2 Å². The minimum Gasteiger partial charge on any atom is -0.494 e. The summed E-state index contributed by atoms with van der Waals surface area (Å²) in [5.41, 5.74) is 3.91. The average molecular weight is 408 g/mol. The van der Waals surface area contributed by atoms with Gasteiger partial charge in [-0.25, -0.2) is 4.98 Å². The van der Waals surface area contributed by atoms with Gasteiger partial charge in [-0.05, 0) is 55.9 Å². The number of methoxy groups -OCH3 is 1. The molecule has 0 aliphatic carbocycles. The number of aromatic nitrogens is 2. The largest absolute Gasteiger partial charge is 0.494 e. The van der Waals surface area contributed by atoms with Gasteiger partial charge in [0.1, 0.15) is 17.0 Å². The molecule has 0 bridgehead atoms. The summed E-state index contributed by atoms with van der Waals surface area (Å²) in [6.07, 6.45) is 1.79. The average Bonchev–Trinajstić information content (AvgIpc) is 3.09. The Bertz CT molecular complexity index is 1140. The first kappa shape index (κ1) is 19.4. The molecule has 0 unspecified atom stereocenters. The number of hydrogen-bond donors (Lipinski definition) is 0. The van der Waals surface area contributed by atoms with Gasteiger partial charge in [-0.1, -0.05) is 23.7 Å². The molecule has 148 valence electrons. The van der Waals surface area contributed by atoms with Crippen molar-refractivity contribution < 1.29 is 9.15 Å². The first-order chi connectivity index (χ1) is 14.0. The van der Waals surface area contributed by atoms with Crippen molar-refractivity contribution in [2.24, 2.45) is 0 Å². The number of oxazole rings is 1. The number of ether oxygens (including phenoxy) is 1. The second-order valence-corrected chi connectivity index (χ2v) is 7.46. The predicted molar refractivity (Wildman–Crippen MR) is 115 cm³/mol. The number of benzene rings is 2. The maximum atomic E-state index is 5.97. The predicted octanol–water partition coefficient (Wildman–Crippen LogP) is 5.49. The van der Waals surface area contributed by atoms with Gasteiger partial charge in [0.05, 0.1) is 12.8 Å². The van der Waals surface area contributed by atoms with Gasteiger partial charge < -0.3 is 9.15 Å². The highest BCUT2D eigenvalue weighted by Gasteiger charge is 2.15. The van der Waals surface area contributed by atoms with Gasteiger partial charge in [-0.15, -0.1) is 0 Å². The number of nitrogens with zero attached hydrogens (tertiary/aromatic N) is 3. The molecule has 0 atom stereocenters. The fourth-order valence-corrected chi connectivity index (χ4v) is 3.53. The smallest absolute Gasteiger partial charge is 0.226 e. The Hall–Kier alpha value is -2.89. The van der Waals surface area contributed by atoms with Crippen LogP contribution in [0.25, 0.3) is 22.4 Å². The van der Waals surface area contributed by atoms with E-state index in [1.54, 1.807) is 13.3 Å². The molecular weight excluding hydrogens is 386 g/mol. The third kappa shape index (κ3) is 4.11. The van der Waals surface area contributed by atoms with Crippen LogP contribution in [0.5, 0.6) is 5.75 Å². The van der Waals surface area contributed by atoms with Gasteiger partial charge in [0.25, 0.3) is 0 Å². The second kappa shape index (κ2) is 8.23. The zero-order valence-corrected chi connectivity index (χ0v) is 17.4. The van der Waals surface area contributed by atoms with Gasteiger partial charge in [0.15, 0.2) is 0 Å². The molecule has 4 aromatic rings. The fraction of sp³-hybridized carbons (Fsp3) is 0.217. The lowest BCUT2D eigenvalue weighted by Crippen LogP contribution is -2.18. The minimum atomic E-state index is 0.613. The van der Waals surface area contributed by atoms with Crippen LogP contribution < -0.4 is 4.74 Å². The molecule has 0 fully saturated rings. The van der Waals surface area contributed by atoms with E-state index < -0.39 is 0 Å². The van der Waals surface area contributed by atoms with Crippen LogP contribution in [0.4, 0.5) is 0 Å². The summed E-state index contributed by atoms with van der Waals surface area (Å²) in [6.45, 7) is 3.38. The topological polar surface area (TPSA) is 51.4 Å². The second-order valence-electron chi connectivity index (χ2n) is 7.03. The Morgan fingerprint density at radius 1 is 1.07 bits per heavy atom. The molecule has 2 aromatic carbocycles. The molecule has 0 aliphatic heterocycles. The van der Waals surface area contributed by atoms with E-state index >= 15 is 0 Å². The first-order valence-electron chi connectivity index (χ1n) is 9.36. The third-order valence-corrected chi connectivity index (χ3v) is 5.14. The van der Waals surface area contributed by atoms with E-state index in [4.69, 9.17) is 25.7 Å². The first-order valence-corrected chi connectivity index (χ1v) is 9.74. The zero-order valence-electron chi connectivity index (χ0n) is 16.6. The maximum absolute atomic E-state index is 5.97. The van der Waals surface area contributed by atoms with Gasteiger partial charge in [-0.2, -0.15) is 0 Å². The third-order valence-electron chi connectivity index (χ3n) is 4.89. The molecule has 5 nitrogen and oxygen atoms in total. The molecule has 2 heterocycles. The van der Waals surface area contributed by atoms with E-state index in [1.807, 2.05) is 43.3 Å². The molecule has 2 aromatic heterocycles. The standard InChI is InChI=1S/C23H22ClN3O2/c1-15-20(26-23(29-15)16-6-9-18(24)10-7-16)14-27(2)13-17-8-11-21(28-3)22-19(17)5-4-12-25-22/h4-12H,13-14H2,1-3H3. The summed E-state index contributed by atoms with van der Waals surface area (Å²) in [6, 6.07) is 15.6. The Kier molecular flexibility index (Phi) is 5.51. The molecule has 0 saturated heterocycles. The summed E-state index contributed by atoms with van der Waals surface area (Å²) < 4.78 is 11.3. The highest BCUT2D eigenvalue weighted by molar-refractivity contribution is 6.30. The molecule has 0 radical (unpaired) electrons. The lowest BCUT2D eigenvalue weighted by atomic mass is 10.1. The van der Waals surface area contributed by atoms with Crippen LogP contribution >= 0.6 is 11.6 Å². The van der Waals surface area contributed by atoms with Gasteiger partial charge in [-0.3, -0.25) is 9.88 Å². The molecule has 0 N–H and O–H groups in total. The van der Waals surface area contributed by atoms with E-state index in [0.717, 1.165) is 40.2 Å². The zero-order chi connectivity index (χ0) is 20.4. The minimum absolute atomic E-state index is 0.613. The monoisotopic (exact) mass is 407 g/mol. The summed E-state index contributed by atoms with van der Waals surface area (Å²) in [5, 5.41) is 1.79. The van der Waals surface area contributed by atoms with Crippen LogP contribution in [-0.4, -0.2) is 29.0 Å². The molecule has 0 spiro atoms. The van der Waals surface area contributed by atoms with E-state index in [2.05, 4.69) is 29.1 Å². The lowest BCUT2D eigenvalue weighted by molar-refractivity contribution is 0.314. The van der Waals surface area contributed by atoms with Crippen LogP contribution in [0.1, 0.15) is 17.0 Å². The number of aryl methyl sites for hydroxylation is 1. The molecule has 4 rings (SSSR count). The number of pyridine rings is 1. The maximum Gasteiger partial charge on any atom is 0.226 e. The van der Waals surface area contributed by atoms with E-state index in [1.165, 1.54) is 5.56 Å². The van der Waals surface area contributed by atoms with Crippen LogP contribution in [-0.2, 0) is 13.1 Å². The van der Waals surface area contributed by atoms with E-state index in [0.29, 0.717) is 17.5 Å². The quantitative estimate of drug-likeness (QED) is 0.423. The molecule has 29 heavy (non-hydrogen) atoms. The van der Waals surface area contributed by atoms with Crippen molar-refractivity contribution in [3.63, 3.8) is 0 Å². The van der Waals surface area contributed by atoms with Crippen molar-refractivity contribution in [1.82, 2.24) is 14.9 Å². The van der Waals surface area contributed by atoms with Gasteiger partial charge >= 0.3 is 0 Å². The highest BCUT2D eigenvalue weighted by Crippen LogP contribution is 2.28. The summed E-state index contributed by atoms with van der Waals surface area (Å²) in [7, 11) is 3.74. The Labute approximate surface area is 174 Å². The number of fused-ring (bicyclic) bond motifs is 1. The van der Waals surface area contributed by atoms with Crippen molar-refractivity contribution in [3.05, 3.63) is 76.8 Å². The van der Waals surface area contributed by atoms with Gasteiger partial charge in [0, 0.05) is 35.3 Å². The normalized spacial score (nSPS) is 11.3. The van der Waals surface area contributed by atoms with E-state index in [-0.39, 0.29) is 0 Å². The molecular formula is C23H22ClN3O2. The number of hydrogen-bond acceptors (Lipinski definition) is 5. The Balaban J connectivity index is 1.54. The lowest BCUT2D eigenvalue weighted by Gasteiger charge is -2.17. The molecule has 0 aliphatic rings. The van der Waals surface area contributed by atoms with Crippen molar-refractivity contribution in [3.8, 4) is 17.2 Å². The summed E-state index contributed by atoms with van der Waals surface area (Å²) in [5.74, 6) is 2.22. The molecule has 0 saturated carbocycles.